The zero-order valence-electron chi connectivity index (χ0n) is 16.1. The van der Waals surface area contributed by atoms with Crippen molar-refractivity contribution < 1.29 is 19.5 Å². The molecule has 2 amide bonds. The second kappa shape index (κ2) is 7.55. The fourth-order valence-electron chi connectivity index (χ4n) is 4.15. The van der Waals surface area contributed by atoms with E-state index in [1.54, 1.807) is 12.3 Å². The summed E-state index contributed by atoms with van der Waals surface area (Å²) >= 11 is 6.87. The molecule has 1 saturated heterocycles. The molecule has 9 heteroatoms. The summed E-state index contributed by atoms with van der Waals surface area (Å²) in [5.41, 5.74) is 4.19. The molecule has 1 fully saturated rings. The van der Waals surface area contributed by atoms with E-state index in [0.717, 1.165) is 51.0 Å². The number of carbonyl (C=O) groups excluding carboxylic acids is 2. The maximum Gasteiger partial charge on any atom is 0.323 e. The molecule has 156 valence electrons. The van der Waals surface area contributed by atoms with Gasteiger partial charge in [-0.2, -0.15) is 5.10 Å². The number of imide groups is 1. The molecule has 2 heterocycles. The quantitative estimate of drug-likeness (QED) is 0.590. The van der Waals surface area contributed by atoms with Gasteiger partial charge in [0.15, 0.2) is 0 Å². The minimum absolute atomic E-state index is 0.142. The number of thioether (sulfide) groups is 1. The van der Waals surface area contributed by atoms with Gasteiger partial charge in [-0.1, -0.05) is 23.7 Å². The van der Waals surface area contributed by atoms with Gasteiger partial charge in [0.1, 0.15) is 6.54 Å². The van der Waals surface area contributed by atoms with Gasteiger partial charge in [0.2, 0.25) is 0 Å². The van der Waals surface area contributed by atoms with E-state index in [2.05, 4.69) is 11.2 Å². The summed E-state index contributed by atoms with van der Waals surface area (Å²) in [6.07, 6.45) is 5.30. The van der Waals surface area contributed by atoms with E-state index < -0.39 is 23.7 Å². The highest BCUT2D eigenvalue weighted by atomic mass is 35.5. The number of aliphatic carboxylic acids is 1. The van der Waals surface area contributed by atoms with Crippen LogP contribution in [0.4, 0.5) is 4.79 Å². The number of benzene rings is 2. The predicted molar refractivity (Wildman–Crippen MR) is 118 cm³/mol. The van der Waals surface area contributed by atoms with Crippen molar-refractivity contribution in [3.8, 4) is 0 Å². The highest BCUT2D eigenvalue weighted by Crippen LogP contribution is 2.37. The molecule has 0 saturated carbocycles. The molecule has 5 rings (SSSR count). The van der Waals surface area contributed by atoms with Gasteiger partial charge in [-0.25, -0.2) is 0 Å². The van der Waals surface area contributed by atoms with E-state index in [0.29, 0.717) is 0 Å². The Bertz CT molecular complexity index is 1300. The molecule has 0 bridgehead atoms. The van der Waals surface area contributed by atoms with Crippen molar-refractivity contribution in [3.63, 3.8) is 0 Å². The van der Waals surface area contributed by atoms with Crippen molar-refractivity contribution >= 4 is 57.5 Å². The van der Waals surface area contributed by atoms with Crippen molar-refractivity contribution in [3.05, 3.63) is 69.2 Å². The SMILES string of the molecule is O=C(O)CN1C(=O)SC(=Cc2ccc3c(cnn3C3CCc4cc(Cl)ccc43)c2)C1=O. The van der Waals surface area contributed by atoms with E-state index in [1.807, 2.05) is 35.0 Å². The number of carbonyl (C=O) groups is 3. The van der Waals surface area contributed by atoms with Crippen LogP contribution in [0, 0.1) is 0 Å². The molecule has 1 N–H and O–H groups in total. The van der Waals surface area contributed by atoms with Crippen molar-refractivity contribution in [1.82, 2.24) is 14.7 Å². The molecule has 1 atom stereocenters. The van der Waals surface area contributed by atoms with Crippen LogP contribution in [0.5, 0.6) is 0 Å². The van der Waals surface area contributed by atoms with Crippen molar-refractivity contribution in [1.29, 1.82) is 0 Å². The Morgan fingerprint density at radius 2 is 2.10 bits per heavy atom. The maximum absolute atomic E-state index is 12.4. The fourth-order valence-corrected chi connectivity index (χ4v) is 5.18. The molecular formula is C22H16ClN3O4S. The highest BCUT2D eigenvalue weighted by Gasteiger charge is 2.36. The minimum atomic E-state index is -1.23. The summed E-state index contributed by atoms with van der Waals surface area (Å²) in [5.74, 6) is -1.82. The number of nitrogens with zero attached hydrogens (tertiary/aromatic N) is 3. The van der Waals surface area contributed by atoms with Gasteiger partial charge >= 0.3 is 5.97 Å². The van der Waals surface area contributed by atoms with E-state index in [-0.39, 0.29) is 10.9 Å². The van der Waals surface area contributed by atoms with Crippen molar-refractivity contribution in [2.75, 3.05) is 6.54 Å². The number of amides is 2. The van der Waals surface area contributed by atoms with Crippen LogP contribution in [0.15, 0.2) is 47.5 Å². The molecule has 31 heavy (non-hydrogen) atoms. The van der Waals surface area contributed by atoms with Crippen LogP contribution < -0.4 is 0 Å². The Labute approximate surface area is 186 Å². The standard InChI is InChI=1S/C22H16ClN3O4S/c23-15-3-4-16-13(9-15)2-6-18(16)26-17-5-1-12(7-14(17)10-24-26)8-19-21(29)25(11-20(27)28)22(30)31-19/h1,3-5,7-10,18H,2,6,11H2,(H,27,28). The molecular weight excluding hydrogens is 438 g/mol. The number of carboxylic acid groups (broad SMARTS) is 1. The summed E-state index contributed by atoms with van der Waals surface area (Å²) < 4.78 is 2.01. The summed E-state index contributed by atoms with van der Waals surface area (Å²) in [5, 5.41) is 14.6. The van der Waals surface area contributed by atoms with Gasteiger partial charge < -0.3 is 5.11 Å². The molecule has 2 aliphatic rings. The smallest absolute Gasteiger partial charge is 0.323 e. The molecule has 2 aromatic carbocycles. The highest BCUT2D eigenvalue weighted by molar-refractivity contribution is 8.18. The van der Waals surface area contributed by atoms with Crippen molar-refractivity contribution in [2.45, 2.75) is 18.9 Å². The number of fused-ring (bicyclic) bond motifs is 2. The third-order valence-corrected chi connectivity index (χ3v) is 6.67. The Hall–Kier alpha value is -3.10. The van der Waals surface area contributed by atoms with Crippen LogP contribution in [0.2, 0.25) is 5.02 Å². The summed E-state index contributed by atoms with van der Waals surface area (Å²) in [6, 6.07) is 11.8. The molecule has 1 aliphatic carbocycles. The average Bonchev–Trinajstić information content (AvgIpc) is 3.39. The fraction of sp³-hybridized carbons (Fsp3) is 0.182. The number of hydrogen-bond acceptors (Lipinski definition) is 5. The van der Waals surface area contributed by atoms with E-state index in [1.165, 1.54) is 11.1 Å². The second-order valence-electron chi connectivity index (χ2n) is 7.47. The van der Waals surface area contributed by atoms with Gasteiger partial charge in [0.25, 0.3) is 11.1 Å². The Morgan fingerprint density at radius 3 is 2.90 bits per heavy atom. The first kappa shape index (κ1) is 19.8. The maximum atomic E-state index is 12.4. The zero-order chi connectivity index (χ0) is 21.7. The second-order valence-corrected chi connectivity index (χ2v) is 8.90. The molecule has 1 aliphatic heterocycles. The number of carboxylic acids is 1. The number of rotatable bonds is 4. The zero-order valence-corrected chi connectivity index (χ0v) is 17.7. The van der Waals surface area contributed by atoms with Crippen LogP contribution in [-0.2, 0) is 16.0 Å². The van der Waals surface area contributed by atoms with Crippen LogP contribution in [0.1, 0.15) is 29.2 Å². The lowest BCUT2D eigenvalue weighted by molar-refractivity contribution is -0.140. The molecule has 7 nitrogen and oxygen atoms in total. The van der Waals surface area contributed by atoms with Crippen LogP contribution >= 0.6 is 23.4 Å². The number of halogens is 1. The average molecular weight is 454 g/mol. The van der Waals surface area contributed by atoms with Crippen molar-refractivity contribution in [2.24, 2.45) is 0 Å². The van der Waals surface area contributed by atoms with Gasteiger partial charge in [-0.3, -0.25) is 24.0 Å². The Balaban J connectivity index is 1.45. The first-order valence-corrected chi connectivity index (χ1v) is 10.8. The first-order chi connectivity index (χ1) is 14.9. The normalized spacial score (nSPS) is 19.6. The molecule has 1 aromatic heterocycles. The van der Waals surface area contributed by atoms with Gasteiger partial charge in [0, 0.05) is 10.4 Å². The third-order valence-electron chi connectivity index (χ3n) is 5.53. The molecule has 1 unspecified atom stereocenters. The monoisotopic (exact) mass is 453 g/mol. The summed E-state index contributed by atoms with van der Waals surface area (Å²) in [4.78, 5) is 36.1. The lowest BCUT2D eigenvalue weighted by Gasteiger charge is -2.14. The predicted octanol–water partition coefficient (Wildman–Crippen LogP) is 4.35. The number of aryl methyl sites for hydroxylation is 1. The summed E-state index contributed by atoms with van der Waals surface area (Å²) in [7, 11) is 0. The van der Waals surface area contributed by atoms with Gasteiger partial charge in [-0.15, -0.1) is 0 Å². The number of hydrogen-bond donors (Lipinski definition) is 1. The minimum Gasteiger partial charge on any atom is -0.480 e. The molecule has 0 radical (unpaired) electrons. The lowest BCUT2D eigenvalue weighted by Crippen LogP contribution is -2.33. The van der Waals surface area contributed by atoms with E-state index >= 15 is 0 Å². The molecule has 0 spiro atoms. The third kappa shape index (κ3) is 3.51. The Morgan fingerprint density at radius 1 is 1.26 bits per heavy atom. The van der Waals surface area contributed by atoms with Crippen LogP contribution in [-0.4, -0.2) is 43.4 Å². The lowest BCUT2D eigenvalue weighted by atomic mass is 10.1. The van der Waals surface area contributed by atoms with Crippen LogP contribution in [0.3, 0.4) is 0 Å². The van der Waals surface area contributed by atoms with E-state index in [9.17, 15) is 14.4 Å². The largest absolute Gasteiger partial charge is 0.480 e. The summed E-state index contributed by atoms with van der Waals surface area (Å²) in [6.45, 7) is -0.637. The number of aromatic nitrogens is 2. The van der Waals surface area contributed by atoms with Gasteiger partial charge in [-0.05, 0) is 71.6 Å². The van der Waals surface area contributed by atoms with E-state index in [4.69, 9.17) is 16.7 Å². The van der Waals surface area contributed by atoms with Gasteiger partial charge in [0.05, 0.1) is 22.7 Å². The van der Waals surface area contributed by atoms with Crippen LogP contribution in [0.25, 0.3) is 17.0 Å². The first-order valence-electron chi connectivity index (χ1n) is 9.63. The Kier molecular flexibility index (Phi) is 4.83. The topological polar surface area (TPSA) is 92.5 Å². The molecule has 3 aromatic rings.